The molecule has 0 amide bonds. The minimum absolute atomic E-state index is 0.323. The van der Waals surface area contributed by atoms with Crippen molar-refractivity contribution in [3.05, 3.63) is 45.7 Å². The van der Waals surface area contributed by atoms with Crippen LogP contribution in [0.4, 0.5) is 0 Å². The minimum atomic E-state index is -0.932. The van der Waals surface area contributed by atoms with E-state index in [9.17, 15) is 9.90 Å². The van der Waals surface area contributed by atoms with Crippen molar-refractivity contribution in [2.75, 3.05) is 0 Å². The maximum Gasteiger partial charge on any atom is 0.338 e. The van der Waals surface area contributed by atoms with Crippen molar-refractivity contribution in [1.29, 1.82) is 0 Å². The Kier molecular flexibility index (Phi) is 3.88. The Bertz CT molecular complexity index is 647. The van der Waals surface area contributed by atoms with Gasteiger partial charge in [-0.25, -0.2) is 4.79 Å². The van der Waals surface area contributed by atoms with Gasteiger partial charge in [0, 0.05) is 24.5 Å². The second-order valence-electron chi connectivity index (χ2n) is 4.26. The summed E-state index contributed by atoms with van der Waals surface area (Å²) in [5.74, 6) is -0.932. The molecule has 3 nitrogen and oxygen atoms in total. The third-order valence-electron chi connectivity index (χ3n) is 3.09. The number of hydrogen-bond acceptors (Lipinski definition) is 1. The van der Waals surface area contributed by atoms with Crippen LogP contribution >= 0.6 is 23.2 Å². The fourth-order valence-corrected chi connectivity index (χ4v) is 2.51. The fourth-order valence-electron chi connectivity index (χ4n) is 2.22. The Morgan fingerprint density at radius 3 is 2.53 bits per heavy atom. The van der Waals surface area contributed by atoms with Crippen molar-refractivity contribution in [3.63, 3.8) is 0 Å². The van der Waals surface area contributed by atoms with Gasteiger partial charge in [0.25, 0.3) is 0 Å². The van der Waals surface area contributed by atoms with E-state index in [-0.39, 0.29) is 0 Å². The Hall–Kier alpha value is -1.45. The average molecular weight is 298 g/mol. The summed E-state index contributed by atoms with van der Waals surface area (Å²) in [6, 6.07) is 5.13. The maximum absolute atomic E-state index is 11.5. The summed E-state index contributed by atoms with van der Waals surface area (Å²) in [7, 11) is 1.84. The Labute approximate surface area is 121 Å². The van der Waals surface area contributed by atoms with E-state index in [2.05, 4.69) is 0 Å². The van der Waals surface area contributed by atoms with Gasteiger partial charge in [0.05, 0.1) is 15.6 Å². The molecule has 0 saturated heterocycles. The normalized spacial score (nSPS) is 10.7. The predicted molar refractivity (Wildman–Crippen MR) is 77.2 cm³/mol. The summed E-state index contributed by atoms with van der Waals surface area (Å²) in [5, 5.41) is 10.3. The molecule has 0 unspecified atom stereocenters. The molecule has 1 aromatic heterocycles. The van der Waals surface area contributed by atoms with Gasteiger partial charge in [0.1, 0.15) is 0 Å². The molecule has 2 rings (SSSR count). The van der Waals surface area contributed by atoms with E-state index >= 15 is 0 Å². The number of halogens is 2. The molecule has 100 valence electrons. The van der Waals surface area contributed by atoms with Crippen molar-refractivity contribution in [2.45, 2.75) is 13.3 Å². The van der Waals surface area contributed by atoms with Crippen LogP contribution < -0.4 is 0 Å². The van der Waals surface area contributed by atoms with Gasteiger partial charge >= 0.3 is 5.97 Å². The molecule has 0 atom stereocenters. The Balaban J connectivity index is 2.68. The molecule has 1 aromatic carbocycles. The number of carboxylic acids is 1. The lowest BCUT2D eigenvalue weighted by atomic mass is 10.0. The molecule has 0 aliphatic rings. The zero-order valence-electron chi connectivity index (χ0n) is 10.6. The van der Waals surface area contributed by atoms with Crippen molar-refractivity contribution < 1.29 is 9.90 Å². The van der Waals surface area contributed by atoms with Crippen LogP contribution in [0.2, 0.25) is 10.0 Å². The molecule has 5 heteroatoms. The van der Waals surface area contributed by atoms with Gasteiger partial charge in [-0.15, -0.1) is 0 Å². The number of hydrogen-bond donors (Lipinski definition) is 1. The number of rotatable bonds is 3. The molecule has 0 saturated carbocycles. The first-order chi connectivity index (χ1) is 8.95. The molecular weight excluding hydrogens is 285 g/mol. The number of aryl methyl sites for hydroxylation is 1. The molecule has 0 radical (unpaired) electrons. The molecule has 19 heavy (non-hydrogen) atoms. The molecule has 0 aliphatic carbocycles. The Morgan fingerprint density at radius 2 is 2.00 bits per heavy atom. The molecule has 2 aromatic rings. The number of carboxylic acid groups (broad SMARTS) is 1. The lowest BCUT2D eigenvalue weighted by Crippen LogP contribution is -2.03. The van der Waals surface area contributed by atoms with E-state index in [0.717, 1.165) is 11.3 Å². The van der Waals surface area contributed by atoms with Crippen LogP contribution in [0.15, 0.2) is 24.4 Å². The van der Waals surface area contributed by atoms with Crippen molar-refractivity contribution >= 4 is 29.2 Å². The summed E-state index contributed by atoms with van der Waals surface area (Å²) < 4.78 is 1.83. The van der Waals surface area contributed by atoms with Crippen LogP contribution in [0.5, 0.6) is 0 Å². The number of aromatic nitrogens is 1. The average Bonchev–Trinajstić information content (AvgIpc) is 2.69. The summed E-state index contributed by atoms with van der Waals surface area (Å²) in [4.78, 5) is 11.5. The first kappa shape index (κ1) is 14.0. The highest BCUT2D eigenvalue weighted by atomic mass is 35.5. The van der Waals surface area contributed by atoms with Gasteiger partial charge in [0.15, 0.2) is 0 Å². The second kappa shape index (κ2) is 5.27. The monoisotopic (exact) mass is 297 g/mol. The number of aromatic carboxylic acids is 1. The first-order valence-electron chi connectivity index (χ1n) is 5.82. The molecule has 0 fully saturated rings. The van der Waals surface area contributed by atoms with Crippen molar-refractivity contribution in [2.24, 2.45) is 7.05 Å². The summed E-state index contributed by atoms with van der Waals surface area (Å²) in [6.45, 7) is 1.93. The quantitative estimate of drug-likeness (QED) is 0.920. The zero-order chi connectivity index (χ0) is 14.2. The van der Waals surface area contributed by atoms with Crippen LogP contribution in [0.3, 0.4) is 0 Å². The van der Waals surface area contributed by atoms with Gasteiger partial charge in [-0.05, 0) is 24.1 Å². The topological polar surface area (TPSA) is 42.2 Å². The van der Waals surface area contributed by atoms with E-state index in [1.807, 2.05) is 24.7 Å². The highest BCUT2D eigenvalue weighted by molar-refractivity contribution is 6.42. The number of nitrogens with zero attached hydrogens (tertiary/aromatic N) is 1. The van der Waals surface area contributed by atoms with Crippen LogP contribution in [0.25, 0.3) is 11.1 Å². The summed E-state index contributed by atoms with van der Waals surface area (Å²) in [6.07, 6.45) is 2.46. The molecule has 1 heterocycles. The van der Waals surface area contributed by atoms with Crippen LogP contribution in [0.1, 0.15) is 23.0 Å². The van der Waals surface area contributed by atoms with E-state index in [1.165, 1.54) is 0 Å². The van der Waals surface area contributed by atoms with Crippen molar-refractivity contribution in [3.8, 4) is 11.1 Å². The summed E-state index contributed by atoms with van der Waals surface area (Å²) >= 11 is 11.9. The highest BCUT2D eigenvalue weighted by Crippen LogP contribution is 2.32. The van der Waals surface area contributed by atoms with E-state index in [0.29, 0.717) is 27.6 Å². The third-order valence-corrected chi connectivity index (χ3v) is 3.82. The fraction of sp³-hybridized carbons (Fsp3) is 0.214. The van der Waals surface area contributed by atoms with Crippen molar-refractivity contribution in [1.82, 2.24) is 4.57 Å². The minimum Gasteiger partial charge on any atom is -0.478 e. The molecule has 1 N–H and O–H groups in total. The van der Waals surface area contributed by atoms with Gasteiger partial charge < -0.3 is 9.67 Å². The molecule has 0 spiro atoms. The molecule has 0 aliphatic heterocycles. The summed E-state index contributed by atoms with van der Waals surface area (Å²) in [5.41, 5.74) is 2.52. The molecular formula is C14H13Cl2NO2. The van der Waals surface area contributed by atoms with E-state index in [4.69, 9.17) is 23.2 Å². The smallest absolute Gasteiger partial charge is 0.338 e. The van der Waals surface area contributed by atoms with Crippen LogP contribution in [-0.2, 0) is 13.5 Å². The second-order valence-corrected chi connectivity index (χ2v) is 5.08. The third kappa shape index (κ3) is 2.48. The van der Waals surface area contributed by atoms with Gasteiger partial charge in [-0.2, -0.15) is 0 Å². The Morgan fingerprint density at radius 1 is 1.32 bits per heavy atom. The van der Waals surface area contributed by atoms with Gasteiger partial charge in [-0.1, -0.05) is 36.2 Å². The van der Waals surface area contributed by atoms with Gasteiger partial charge in [-0.3, -0.25) is 0 Å². The molecule has 0 bridgehead atoms. The van der Waals surface area contributed by atoms with E-state index < -0.39 is 5.97 Å². The SMILES string of the molecule is CCc1c(C(=O)O)c(-c2ccc(Cl)c(Cl)c2)cn1C. The number of benzene rings is 1. The maximum atomic E-state index is 11.5. The largest absolute Gasteiger partial charge is 0.478 e. The number of carbonyl (C=O) groups is 1. The zero-order valence-corrected chi connectivity index (χ0v) is 12.1. The van der Waals surface area contributed by atoms with E-state index in [1.54, 1.807) is 18.2 Å². The lowest BCUT2D eigenvalue weighted by Gasteiger charge is -2.04. The lowest BCUT2D eigenvalue weighted by molar-refractivity contribution is 0.0696. The standard InChI is InChI=1S/C14H13Cl2NO2/c1-3-12-13(14(18)19)9(7-17(12)2)8-4-5-10(15)11(16)6-8/h4-7H,3H2,1-2H3,(H,18,19). The van der Waals surface area contributed by atoms with Gasteiger partial charge in [0.2, 0.25) is 0 Å². The van der Waals surface area contributed by atoms with Crippen LogP contribution in [-0.4, -0.2) is 15.6 Å². The van der Waals surface area contributed by atoms with Crippen LogP contribution in [0, 0.1) is 0 Å². The highest BCUT2D eigenvalue weighted by Gasteiger charge is 2.20. The first-order valence-corrected chi connectivity index (χ1v) is 6.58. The predicted octanol–water partition coefficient (Wildman–Crippen LogP) is 4.26.